The fraction of sp³-hybridized carbons (Fsp3) is 0.368. The highest BCUT2D eigenvalue weighted by atomic mass is 28.3. The Hall–Kier alpha value is -1.74. The molecule has 2 unspecified atom stereocenters. The number of rotatable bonds is 2. The van der Waals surface area contributed by atoms with E-state index in [1.54, 1.807) is 10.4 Å². The molecule has 3 heteroatoms. The summed E-state index contributed by atoms with van der Waals surface area (Å²) in [6, 6.07) is 25.7. The fourth-order valence-corrected chi connectivity index (χ4v) is 9.31. The Morgan fingerprint density at radius 3 is 2.00 bits per heavy atom. The van der Waals surface area contributed by atoms with Crippen LogP contribution in [0.1, 0.15) is 12.8 Å². The molecule has 2 nitrogen and oxygen atoms in total. The van der Waals surface area contributed by atoms with Gasteiger partial charge in [-0.1, -0.05) is 71.0 Å². The molecule has 0 N–H and O–H groups in total. The van der Waals surface area contributed by atoms with Gasteiger partial charge in [0.25, 0.3) is 0 Å². The number of hydrogen-bond donors (Lipinski definition) is 0. The molecular weight excluding hydrogens is 284 g/mol. The summed E-state index contributed by atoms with van der Waals surface area (Å²) < 4.78 is 0. The van der Waals surface area contributed by atoms with Crippen LogP contribution in [0.2, 0.25) is 12.1 Å². The topological polar surface area (TPSA) is 24.7 Å². The van der Waals surface area contributed by atoms with Crippen LogP contribution in [0, 0.1) is 5.92 Å². The highest BCUT2D eigenvalue weighted by molar-refractivity contribution is 7.02. The summed E-state index contributed by atoms with van der Waals surface area (Å²) in [7, 11) is -1.65. The van der Waals surface area contributed by atoms with Crippen molar-refractivity contribution in [1.29, 1.82) is 0 Å². The first-order valence-electron chi connectivity index (χ1n) is 8.36. The van der Waals surface area contributed by atoms with Crippen LogP contribution in [-0.2, 0) is 0 Å². The van der Waals surface area contributed by atoms with Gasteiger partial charge >= 0.3 is 0 Å². The van der Waals surface area contributed by atoms with Gasteiger partial charge < -0.3 is 0 Å². The standard InChI is InChI=1S/C19H22N2Si/c1-3-7-17(8-4-1)22(18-9-5-2-6-10-18)13-11-16-15-20-21-19(16)12-14-22/h1-10,16,19H,11-15H2. The minimum atomic E-state index is -1.65. The molecule has 2 atom stereocenters. The van der Waals surface area contributed by atoms with Crippen molar-refractivity contribution in [1.82, 2.24) is 0 Å². The van der Waals surface area contributed by atoms with Crippen LogP contribution in [0.25, 0.3) is 0 Å². The van der Waals surface area contributed by atoms with E-state index in [4.69, 9.17) is 0 Å². The second-order valence-corrected chi connectivity index (χ2v) is 11.0. The van der Waals surface area contributed by atoms with Gasteiger partial charge in [0.15, 0.2) is 0 Å². The average molecular weight is 306 g/mol. The van der Waals surface area contributed by atoms with Crippen LogP contribution >= 0.6 is 0 Å². The minimum Gasteiger partial charge on any atom is -0.194 e. The normalized spacial score (nSPS) is 26.4. The summed E-state index contributed by atoms with van der Waals surface area (Å²) in [6.07, 6.45) is 2.50. The highest BCUT2D eigenvalue weighted by Crippen LogP contribution is 2.35. The Morgan fingerprint density at radius 2 is 1.36 bits per heavy atom. The molecule has 0 aromatic heterocycles. The zero-order chi connectivity index (χ0) is 14.8. The van der Waals surface area contributed by atoms with Gasteiger partial charge in [-0.15, -0.1) is 0 Å². The predicted molar refractivity (Wildman–Crippen MR) is 93.8 cm³/mol. The number of nitrogens with zero attached hydrogens (tertiary/aromatic N) is 2. The van der Waals surface area contributed by atoms with Crippen molar-refractivity contribution in [3.63, 3.8) is 0 Å². The Kier molecular flexibility index (Phi) is 3.66. The SMILES string of the molecule is c1ccc([Si]2(c3ccccc3)CCC3CN=NC3CC2)cc1. The maximum Gasteiger partial charge on any atom is 0.118 e. The molecule has 0 saturated carbocycles. The molecule has 0 aliphatic carbocycles. The summed E-state index contributed by atoms with van der Waals surface area (Å²) >= 11 is 0. The third-order valence-electron chi connectivity index (χ3n) is 5.55. The molecule has 2 aromatic rings. The van der Waals surface area contributed by atoms with Crippen LogP contribution in [-0.4, -0.2) is 20.7 Å². The van der Waals surface area contributed by atoms with Crippen molar-refractivity contribution in [3.8, 4) is 0 Å². The second-order valence-electron chi connectivity index (χ2n) is 6.66. The first kappa shape index (κ1) is 13.9. The fourth-order valence-electron chi connectivity index (χ4n) is 4.26. The van der Waals surface area contributed by atoms with Gasteiger partial charge in [-0.05, 0) is 24.9 Å². The summed E-state index contributed by atoms with van der Waals surface area (Å²) in [4.78, 5) is 0. The monoisotopic (exact) mass is 306 g/mol. The molecule has 112 valence electrons. The van der Waals surface area contributed by atoms with Gasteiger partial charge in [0, 0.05) is 5.92 Å². The van der Waals surface area contributed by atoms with E-state index in [0.717, 1.165) is 6.54 Å². The minimum absolute atomic E-state index is 0.488. The molecule has 4 rings (SSSR count). The van der Waals surface area contributed by atoms with Crippen LogP contribution in [0.4, 0.5) is 0 Å². The first-order chi connectivity index (χ1) is 10.9. The molecule has 2 aliphatic rings. The molecule has 2 aromatic carbocycles. The molecule has 22 heavy (non-hydrogen) atoms. The second kappa shape index (κ2) is 5.80. The van der Waals surface area contributed by atoms with E-state index in [0.29, 0.717) is 12.0 Å². The zero-order valence-electron chi connectivity index (χ0n) is 12.9. The lowest BCUT2D eigenvalue weighted by atomic mass is 9.97. The van der Waals surface area contributed by atoms with Gasteiger partial charge in [0.1, 0.15) is 8.07 Å². The Balaban J connectivity index is 1.78. The number of hydrogen-bond acceptors (Lipinski definition) is 2. The summed E-state index contributed by atoms with van der Waals surface area (Å²) in [5.41, 5.74) is 0. The van der Waals surface area contributed by atoms with Crippen LogP contribution in [0.5, 0.6) is 0 Å². The van der Waals surface area contributed by atoms with Crippen molar-refractivity contribution >= 4 is 18.4 Å². The third kappa shape index (κ3) is 2.33. The van der Waals surface area contributed by atoms with E-state index in [1.165, 1.54) is 24.9 Å². The summed E-state index contributed by atoms with van der Waals surface area (Å²) in [5.74, 6) is 0.696. The molecule has 0 bridgehead atoms. The lowest BCUT2D eigenvalue weighted by molar-refractivity contribution is 0.467. The number of azo groups is 1. The van der Waals surface area contributed by atoms with Crippen LogP contribution in [0.15, 0.2) is 70.9 Å². The van der Waals surface area contributed by atoms with Gasteiger partial charge in [-0.3, -0.25) is 0 Å². The van der Waals surface area contributed by atoms with Crippen molar-refractivity contribution in [2.45, 2.75) is 31.0 Å². The van der Waals surface area contributed by atoms with Crippen LogP contribution < -0.4 is 10.4 Å². The maximum atomic E-state index is 4.52. The van der Waals surface area contributed by atoms with Crippen molar-refractivity contribution in [2.75, 3.05) is 6.54 Å². The average Bonchev–Trinajstić information content (AvgIpc) is 2.97. The van der Waals surface area contributed by atoms with Gasteiger partial charge in [0.05, 0.1) is 12.6 Å². The highest BCUT2D eigenvalue weighted by Gasteiger charge is 2.42. The van der Waals surface area contributed by atoms with Gasteiger partial charge in [-0.2, -0.15) is 10.2 Å². The van der Waals surface area contributed by atoms with Crippen molar-refractivity contribution in [3.05, 3.63) is 60.7 Å². The Bertz CT molecular complexity index is 614. The van der Waals surface area contributed by atoms with Crippen molar-refractivity contribution in [2.24, 2.45) is 16.1 Å². The molecule has 0 radical (unpaired) electrons. The zero-order valence-corrected chi connectivity index (χ0v) is 13.9. The van der Waals surface area contributed by atoms with Gasteiger partial charge in [-0.25, -0.2) is 0 Å². The molecule has 2 aliphatic heterocycles. The first-order valence-corrected chi connectivity index (χ1v) is 10.8. The lowest BCUT2D eigenvalue weighted by Crippen LogP contribution is -2.57. The van der Waals surface area contributed by atoms with E-state index >= 15 is 0 Å². The Labute approximate surface area is 133 Å². The summed E-state index contributed by atoms with van der Waals surface area (Å²) in [5, 5.41) is 12.0. The van der Waals surface area contributed by atoms with Crippen LogP contribution in [0.3, 0.4) is 0 Å². The number of benzene rings is 2. The van der Waals surface area contributed by atoms with Gasteiger partial charge in [0.2, 0.25) is 0 Å². The van der Waals surface area contributed by atoms with Crippen molar-refractivity contribution < 1.29 is 0 Å². The number of fused-ring (bicyclic) bond motifs is 1. The molecule has 1 fully saturated rings. The summed E-state index contributed by atoms with van der Waals surface area (Å²) in [6.45, 7) is 0.957. The lowest BCUT2D eigenvalue weighted by Gasteiger charge is -2.32. The van der Waals surface area contributed by atoms with E-state index in [1.807, 2.05) is 0 Å². The Morgan fingerprint density at radius 1 is 0.773 bits per heavy atom. The third-order valence-corrected chi connectivity index (χ3v) is 10.7. The maximum absolute atomic E-state index is 4.52. The predicted octanol–water partition coefficient (Wildman–Crippen LogP) is 3.49. The van der Waals surface area contributed by atoms with E-state index in [9.17, 15) is 0 Å². The largest absolute Gasteiger partial charge is 0.194 e. The van der Waals surface area contributed by atoms with E-state index in [2.05, 4.69) is 70.9 Å². The molecule has 1 saturated heterocycles. The van der Waals surface area contributed by atoms with E-state index in [-0.39, 0.29) is 0 Å². The molecular formula is C19H22N2Si. The van der Waals surface area contributed by atoms with E-state index < -0.39 is 8.07 Å². The quantitative estimate of drug-likeness (QED) is 0.759. The molecule has 2 heterocycles. The smallest absolute Gasteiger partial charge is 0.118 e. The molecule has 0 spiro atoms. The molecule has 0 amide bonds.